The predicted octanol–water partition coefficient (Wildman–Crippen LogP) is 2.77. The normalized spacial score (nSPS) is 10.6. The van der Waals surface area contributed by atoms with Gasteiger partial charge in [-0.3, -0.25) is 0 Å². The number of nitrogens with zero attached hydrogens (tertiary/aromatic N) is 1. The first-order valence-electron chi connectivity index (χ1n) is 6.59. The van der Waals surface area contributed by atoms with Gasteiger partial charge in [0.1, 0.15) is 0 Å². The molecule has 0 aliphatic carbocycles. The van der Waals surface area contributed by atoms with Crippen molar-refractivity contribution in [1.29, 1.82) is 0 Å². The van der Waals surface area contributed by atoms with Gasteiger partial charge in [0.2, 0.25) is 0 Å². The maximum atomic E-state index is 11.6. The highest BCUT2D eigenvalue weighted by Gasteiger charge is 2.11. The number of unbranched alkanes of at least 4 members (excludes halogenated alkanes) is 4. The van der Waals surface area contributed by atoms with E-state index < -0.39 is 0 Å². The van der Waals surface area contributed by atoms with E-state index in [1.807, 2.05) is 0 Å². The third kappa shape index (κ3) is 5.60. The van der Waals surface area contributed by atoms with E-state index in [1.165, 1.54) is 30.6 Å². The molecule has 5 heteroatoms. The molecule has 0 fully saturated rings. The van der Waals surface area contributed by atoms with E-state index in [4.69, 9.17) is 10.5 Å². The minimum atomic E-state index is -0.315. The highest BCUT2D eigenvalue weighted by molar-refractivity contribution is 7.09. The first-order chi connectivity index (χ1) is 8.77. The Labute approximate surface area is 113 Å². The molecule has 1 rings (SSSR count). The number of esters is 1. The molecule has 0 unspecified atom stereocenters. The third-order valence-electron chi connectivity index (χ3n) is 2.60. The standard InChI is InChI=1S/C13H22N2O2S/c1-2-3-4-5-6-9-17-13(16)11-10-18-12(15-11)7-8-14/h10H,2-9,14H2,1H3. The zero-order valence-corrected chi connectivity index (χ0v) is 11.8. The molecule has 2 N–H and O–H groups in total. The highest BCUT2D eigenvalue weighted by Crippen LogP contribution is 2.11. The van der Waals surface area contributed by atoms with Crippen molar-refractivity contribution in [2.45, 2.75) is 45.4 Å². The molecule has 0 bridgehead atoms. The molecule has 0 saturated heterocycles. The Kier molecular flexibility index (Phi) is 7.60. The van der Waals surface area contributed by atoms with Gasteiger partial charge < -0.3 is 10.5 Å². The van der Waals surface area contributed by atoms with E-state index in [0.717, 1.165) is 24.3 Å². The SMILES string of the molecule is CCCCCCCOC(=O)c1csc(CCN)n1. The van der Waals surface area contributed by atoms with Crippen LogP contribution < -0.4 is 5.73 Å². The minimum Gasteiger partial charge on any atom is -0.461 e. The maximum Gasteiger partial charge on any atom is 0.357 e. The molecule has 0 atom stereocenters. The molecule has 0 amide bonds. The molecule has 0 radical (unpaired) electrons. The summed E-state index contributed by atoms with van der Waals surface area (Å²) in [5.74, 6) is -0.315. The molecule has 0 spiro atoms. The molecule has 102 valence electrons. The fourth-order valence-corrected chi connectivity index (χ4v) is 2.37. The third-order valence-corrected chi connectivity index (χ3v) is 3.51. The van der Waals surface area contributed by atoms with Crippen LogP contribution in [0.15, 0.2) is 5.38 Å². The Balaban J connectivity index is 2.19. The number of rotatable bonds is 9. The number of hydrogen-bond donors (Lipinski definition) is 1. The molecule has 0 aromatic carbocycles. The number of hydrogen-bond acceptors (Lipinski definition) is 5. The molecule has 0 aliphatic heterocycles. The molecular weight excluding hydrogens is 248 g/mol. The Morgan fingerprint density at radius 3 is 2.89 bits per heavy atom. The second kappa shape index (κ2) is 9.05. The summed E-state index contributed by atoms with van der Waals surface area (Å²) in [4.78, 5) is 15.8. The summed E-state index contributed by atoms with van der Waals surface area (Å²) in [6.45, 7) is 3.23. The van der Waals surface area contributed by atoms with Gasteiger partial charge in [0.25, 0.3) is 0 Å². The minimum absolute atomic E-state index is 0.315. The summed E-state index contributed by atoms with van der Waals surface area (Å²) in [5, 5.41) is 2.64. The van der Waals surface area contributed by atoms with Crippen LogP contribution in [0.3, 0.4) is 0 Å². The van der Waals surface area contributed by atoms with Crippen molar-refractivity contribution < 1.29 is 9.53 Å². The van der Waals surface area contributed by atoms with Crippen LogP contribution in [0.4, 0.5) is 0 Å². The van der Waals surface area contributed by atoms with Crippen LogP contribution in [0.5, 0.6) is 0 Å². The number of carbonyl (C=O) groups is 1. The zero-order chi connectivity index (χ0) is 13.2. The lowest BCUT2D eigenvalue weighted by molar-refractivity contribution is 0.0491. The highest BCUT2D eigenvalue weighted by atomic mass is 32.1. The fourth-order valence-electron chi connectivity index (χ4n) is 1.59. The van der Waals surface area contributed by atoms with E-state index in [0.29, 0.717) is 18.8 Å². The van der Waals surface area contributed by atoms with Crippen molar-refractivity contribution in [1.82, 2.24) is 4.98 Å². The number of ether oxygens (including phenoxy) is 1. The van der Waals surface area contributed by atoms with Crippen LogP contribution in [0.25, 0.3) is 0 Å². The number of carbonyl (C=O) groups excluding carboxylic acids is 1. The Hall–Kier alpha value is -0.940. The van der Waals surface area contributed by atoms with Crippen LogP contribution in [-0.2, 0) is 11.2 Å². The van der Waals surface area contributed by atoms with Gasteiger partial charge in [0.15, 0.2) is 5.69 Å². The lowest BCUT2D eigenvalue weighted by Gasteiger charge is -2.02. The number of thiazole rings is 1. The van der Waals surface area contributed by atoms with Gasteiger partial charge >= 0.3 is 5.97 Å². The molecule has 0 saturated carbocycles. The molecule has 0 aliphatic rings. The molecule has 1 aromatic heterocycles. The van der Waals surface area contributed by atoms with Crippen molar-refractivity contribution >= 4 is 17.3 Å². The van der Waals surface area contributed by atoms with Crippen molar-refractivity contribution in [2.24, 2.45) is 5.73 Å². The predicted molar refractivity (Wildman–Crippen MR) is 73.9 cm³/mol. The summed E-state index contributed by atoms with van der Waals surface area (Å²) in [6.07, 6.45) is 6.47. The van der Waals surface area contributed by atoms with Crippen LogP contribution in [0.1, 0.15) is 54.5 Å². The average Bonchev–Trinajstić information content (AvgIpc) is 2.82. The van der Waals surface area contributed by atoms with Gasteiger partial charge in [-0.1, -0.05) is 32.6 Å². The van der Waals surface area contributed by atoms with Gasteiger partial charge in [0, 0.05) is 11.8 Å². The van der Waals surface area contributed by atoms with Gasteiger partial charge in [-0.05, 0) is 13.0 Å². The maximum absolute atomic E-state index is 11.6. The van der Waals surface area contributed by atoms with Gasteiger partial charge in [-0.2, -0.15) is 0 Å². The molecule has 1 heterocycles. The summed E-state index contributed by atoms with van der Waals surface area (Å²) >= 11 is 1.46. The summed E-state index contributed by atoms with van der Waals surface area (Å²) < 4.78 is 5.17. The second-order valence-corrected chi connectivity index (χ2v) is 5.16. The van der Waals surface area contributed by atoms with E-state index >= 15 is 0 Å². The van der Waals surface area contributed by atoms with Gasteiger partial charge in [-0.15, -0.1) is 11.3 Å². The van der Waals surface area contributed by atoms with Crippen molar-refractivity contribution in [3.05, 3.63) is 16.1 Å². The largest absolute Gasteiger partial charge is 0.461 e. The monoisotopic (exact) mass is 270 g/mol. The smallest absolute Gasteiger partial charge is 0.357 e. The molecular formula is C13H22N2O2S. The second-order valence-electron chi connectivity index (χ2n) is 4.22. The quantitative estimate of drug-likeness (QED) is 0.553. The van der Waals surface area contributed by atoms with Crippen LogP contribution >= 0.6 is 11.3 Å². The van der Waals surface area contributed by atoms with Gasteiger partial charge in [0.05, 0.1) is 11.6 Å². The Morgan fingerprint density at radius 2 is 2.17 bits per heavy atom. The summed E-state index contributed by atoms with van der Waals surface area (Å²) in [5.41, 5.74) is 5.85. The van der Waals surface area contributed by atoms with Crippen LogP contribution in [0.2, 0.25) is 0 Å². The zero-order valence-electron chi connectivity index (χ0n) is 11.0. The molecule has 1 aromatic rings. The number of aromatic nitrogens is 1. The van der Waals surface area contributed by atoms with Crippen molar-refractivity contribution in [3.63, 3.8) is 0 Å². The first-order valence-corrected chi connectivity index (χ1v) is 7.47. The fraction of sp³-hybridized carbons (Fsp3) is 0.692. The van der Waals surface area contributed by atoms with Crippen molar-refractivity contribution in [2.75, 3.05) is 13.2 Å². The molecule has 4 nitrogen and oxygen atoms in total. The topological polar surface area (TPSA) is 65.2 Å². The Morgan fingerprint density at radius 1 is 1.39 bits per heavy atom. The van der Waals surface area contributed by atoms with Crippen molar-refractivity contribution in [3.8, 4) is 0 Å². The Bertz CT molecular complexity index is 353. The number of nitrogens with two attached hydrogens (primary N) is 1. The van der Waals surface area contributed by atoms with E-state index in [9.17, 15) is 4.79 Å². The average molecular weight is 270 g/mol. The first kappa shape index (κ1) is 15.1. The summed E-state index contributed by atoms with van der Waals surface area (Å²) in [6, 6.07) is 0. The van der Waals surface area contributed by atoms with Gasteiger partial charge in [-0.25, -0.2) is 9.78 Å². The lowest BCUT2D eigenvalue weighted by Crippen LogP contribution is -2.08. The van der Waals surface area contributed by atoms with Crippen LogP contribution in [-0.4, -0.2) is 24.1 Å². The lowest BCUT2D eigenvalue weighted by atomic mass is 10.2. The molecule has 18 heavy (non-hydrogen) atoms. The van der Waals surface area contributed by atoms with E-state index in [-0.39, 0.29) is 5.97 Å². The van der Waals surface area contributed by atoms with E-state index in [1.54, 1.807) is 5.38 Å². The van der Waals surface area contributed by atoms with E-state index in [2.05, 4.69) is 11.9 Å². The van der Waals surface area contributed by atoms with Crippen LogP contribution in [0, 0.1) is 0 Å². The summed E-state index contributed by atoms with van der Waals surface area (Å²) in [7, 11) is 0.